The zero-order valence-electron chi connectivity index (χ0n) is 34.5. The fourth-order valence-electron chi connectivity index (χ4n) is 7.26. The van der Waals surface area contributed by atoms with Crippen LogP contribution in [0.15, 0.2) is 73.6 Å². The van der Waals surface area contributed by atoms with Crippen molar-refractivity contribution in [3.05, 3.63) is 84.7 Å². The number of amides is 2. The van der Waals surface area contributed by atoms with Crippen LogP contribution in [-0.2, 0) is 9.59 Å². The quantitative estimate of drug-likeness (QED) is 0.0720. The van der Waals surface area contributed by atoms with Crippen molar-refractivity contribution in [1.29, 1.82) is 10.5 Å². The van der Waals surface area contributed by atoms with Crippen LogP contribution < -0.4 is 32.7 Å². The van der Waals surface area contributed by atoms with Crippen LogP contribution in [0.25, 0.3) is 43.8 Å². The first-order valence-corrected chi connectivity index (χ1v) is 20.0. The van der Waals surface area contributed by atoms with Crippen LogP contribution in [0.3, 0.4) is 0 Å². The molecule has 1 unspecified atom stereocenters. The van der Waals surface area contributed by atoms with Gasteiger partial charge in [0.1, 0.15) is 11.6 Å². The van der Waals surface area contributed by atoms with Gasteiger partial charge in [0.15, 0.2) is 0 Å². The van der Waals surface area contributed by atoms with Gasteiger partial charge in [-0.2, -0.15) is 10.5 Å². The number of hydrogen-bond donors (Lipinski definition) is 6. The molecule has 2 aromatic carbocycles. The normalized spacial score (nSPS) is 17.6. The third-order valence-electron chi connectivity index (χ3n) is 10.8. The molecule has 8 N–H and O–H groups in total. The maximum atomic E-state index is 12.3. The van der Waals surface area contributed by atoms with E-state index in [1.165, 1.54) is 0 Å². The lowest BCUT2D eigenvalue weighted by Crippen LogP contribution is -2.15. The number of benzene rings is 2. The molecule has 4 aromatic heterocycles. The van der Waals surface area contributed by atoms with Crippen LogP contribution in [0.1, 0.15) is 51.7 Å². The fraction of sp³-hybridized carbons (Fsp3) is 0.304. The molecule has 0 spiro atoms. The topological polar surface area (TPSA) is 233 Å². The average Bonchev–Trinajstić information content (AvgIpc) is 4.14. The van der Waals surface area contributed by atoms with Gasteiger partial charge in [0.25, 0.3) is 0 Å². The van der Waals surface area contributed by atoms with Gasteiger partial charge in [-0.05, 0) is 124 Å². The number of carbonyl (C=O) groups excluding carboxylic acids is 2. The standard InChI is InChI=1S/2C23H24N6O/c2*1-12(2)28-21-11-26-9-18(13(21)3)14-4-15-7-22(27-10-19(15)20(25)6-14)29-23(30)17-5-16(17)8-24/h2*4,6-7,9-12,16-17,28H,5,25H2,1-3H3,(H,27,29,30)/t16-,17?;16-,17+/m01/s1. The van der Waals surface area contributed by atoms with Gasteiger partial charge in [-0.1, -0.05) is 0 Å². The predicted molar refractivity (Wildman–Crippen MR) is 237 cm³/mol. The number of nitrogen functional groups attached to an aromatic ring is 2. The van der Waals surface area contributed by atoms with Crippen LogP contribution in [0.4, 0.5) is 34.4 Å². The highest BCUT2D eigenvalue weighted by molar-refractivity contribution is 6.02. The van der Waals surface area contributed by atoms with Gasteiger partial charge in [-0.15, -0.1) is 0 Å². The van der Waals surface area contributed by atoms with Crippen molar-refractivity contribution < 1.29 is 9.59 Å². The summed E-state index contributed by atoms with van der Waals surface area (Å²) < 4.78 is 0. The second kappa shape index (κ2) is 16.9. The number of nitrogens with two attached hydrogens (primary N) is 2. The molecule has 8 rings (SSSR count). The summed E-state index contributed by atoms with van der Waals surface area (Å²) >= 11 is 0. The highest BCUT2D eigenvalue weighted by atomic mass is 16.2. The number of carbonyl (C=O) groups is 2. The zero-order chi connectivity index (χ0) is 42.8. The minimum Gasteiger partial charge on any atom is -0.398 e. The summed E-state index contributed by atoms with van der Waals surface area (Å²) in [6, 6.07) is 16.4. The number of rotatable bonds is 10. The summed E-state index contributed by atoms with van der Waals surface area (Å²) in [5.41, 5.74) is 21.9. The lowest BCUT2D eigenvalue weighted by molar-refractivity contribution is -0.118. The number of hydrogen-bond acceptors (Lipinski definition) is 12. The number of anilines is 6. The number of nitriles is 2. The van der Waals surface area contributed by atoms with Crippen molar-refractivity contribution in [1.82, 2.24) is 19.9 Å². The van der Waals surface area contributed by atoms with Crippen molar-refractivity contribution in [2.45, 2.75) is 66.5 Å². The Kier molecular flexibility index (Phi) is 11.5. The molecule has 0 saturated heterocycles. The van der Waals surface area contributed by atoms with Crippen LogP contribution >= 0.6 is 0 Å². The zero-order valence-corrected chi connectivity index (χ0v) is 34.5. The summed E-state index contributed by atoms with van der Waals surface area (Å²) in [5, 5.41) is 33.7. The maximum absolute atomic E-state index is 12.3. The van der Waals surface area contributed by atoms with E-state index in [1.807, 2.05) is 61.2 Å². The van der Waals surface area contributed by atoms with Gasteiger partial charge in [0.2, 0.25) is 11.8 Å². The van der Waals surface area contributed by atoms with Crippen molar-refractivity contribution in [2.75, 3.05) is 32.7 Å². The molecule has 0 bridgehead atoms. The van der Waals surface area contributed by atoms with E-state index in [-0.39, 0.29) is 35.5 Å². The summed E-state index contributed by atoms with van der Waals surface area (Å²) in [6.45, 7) is 12.5. The van der Waals surface area contributed by atoms with E-state index in [9.17, 15) is 9.59 Å². The van der Waals surface area contributed by atoms with E-state index >= 15 is 0 Å². The van der Waals surface area contributed by atoms with Crippen molar-refractivity contribution in [3.63, 3.8) is 0 Å². The van der Waals surface area contributed by atoms with Gasteiger partial charge >= 0.3 is 0 Å². The number of nitrogens with one attached hydrogen (secondary N) is 4. The molecule has 0 radical (unpaired) electrons. The van der Waals surface area contributed by atoms with Crippen LogP contribution in [0, 0.1) is 60.2 Å². The molecule has 2 amide bonds. The molecule has 14 nitrogen and oxygen atoms in total. The van der Waals surface area contributed by atoms with E-state index in [0.717, 1.165) is 66.3 Å². The Morgan fingerprint density at radius 3 is 1.38 bits per heavy atom. The first-order chi connectivity index (χ1) is 28.7. The summed E-state index contributed by atoms with van der Waals surface area (Å²) in [4.78, 5) is 41.9. The Morgan fingerprint density at radius 1 is 0.633 bits per heavy atom. The minimum atomic E-state index is -0.242. The van der Waals surface area contributed by atoms with Crippen LogP contribution in [-0.4, -0.2) is 43.8 Å². The molecule has 4 heterocycles. The lowest BCUT2D eigenvalue weighted by atomic mass is 9.98. The molecular weight excluding hydrogens is 753 g/mol. The van der Waals surface area contributed by atoms with Crippen molar-refractivity contribution in [2.24, 2.45) is 23.7 Å². The van der Waals surface area contributed by atoms with E-state index < -0.39 is 0 Å². The summed E-state index contributed by atoms with van der Waals surface area (Å²) in [6.07, 6.45) is 11.9. The Labute approximate surface area is 348 Å². The van der Waals surface area contributed by atoms with Gasteiger partial charge in [0, 0.05) is 70.1 Å². The second-order valence-corrected chi connectivity index (χ2v) is 16.2. The fourth-order valence-corrected chi connectivity index (χ4v) is 7.26. The molecule has 0 aliphatic heterocycles. The number of fused-ring (bicyclic) bond motifs is 2. The average molecular weight is 801 g/mol. The SMILES string of the molecule is Cc1c(NC(C)C)cncc1-c1cc(N)c2cnc(NC(=O)C3C[C@H]3C#N)cc2c1.Cc1c(NC(C)C)cncc1-c1cc(N)c2cnc(NC(=O)[C@H]3C[C@@H]3C#N)cc2c1. The second-order valence-electron chi connectivity index (χ2n) is 16.2. The van der Waals surface area contributed by atoms with Gasteiger partial charge in [-0.3, -0.25) is 19.6 Å². The van der Waals surface area contributed by atoms with E-state index in [0.29, 0.717) is 47.9 Å². The van der Waals surface area contributed by atoms with E-state index in [2.05, 4.69) is 94.9 Å². The number of aromatic nitrogens is 4. The third-order valence-corrected chi connectivity index (χ3v) is 10.8. The van der Waals surface area contributed by atoms with Crippen LogP contribution in [0.5, 0.6) is 0 Å². The third kappa shape index (κ3) is 8.88. The van der Waals surface area contributed by atoms with E-state index in [1.54, 1.807) is 12.4 Å². The highest BCUT2D eigenvalue weighted by Crippen LogP contribution is 2.40. The predicted octanol–water partition coefficient (Wildman–Crippen LogP) is 8.21. The molecule has 6 aromatic rings. The molecule has 2 saturated carbocycles. The molecule has 2 fully saturated rings. The summed E-state index contributed by atoms with van der Waals surface area (Å²) in [7, 11) is 0. The molecule has 4 atom stereocenters. The Bertz CT molecular complexity index is 2550. The van der Waals surface area contributed by atoms with Gasteiger partial charge in [-0.25, -0.2) is 9.97 Å². The first kappa shape index (κ1) is 40.9. The highest BCUT2D eigenvalue weighted by Gasteiger charge is 2.44. The first-order valence-electron chi connectivity index (χ1n) is 20.0. The molecule has 2 aliphatic rings. The molecule has 2 aliphatic carbocycles. The van der Waals surface area contributed by atoms with Crippen molar-refractivity contribution >= 4 is 67.7 Å². The monoisotopic (exact) mass is 800 g/mol. The number of nitrogens with zero attached hydrogens (tertiary/aromatic N) is 6. The largest absolute Gasteiger partial charge is 0.398 e. The maximum Gasteiger partial charge on any atom is 0.230 e. The lowest BCUT2D eigenvalue weighted by Gasteiger charge is -2.16. The molecular formula is C46H48N12O2. The van der Waals surface area contributed by atoms with Gasteiger partial charge < -0.3 is 32.7 Å². The summed E-state index contributed by atoms with van der Waals surface area (Å²) in [5.74, 6) is -0.266. The molecule has 60 heavy (non-hydrogen) atoms. The Morgan fingerprint density at radius 2 is 1.03 bits per heavy atom. The Hall–Kier alpha value is -7.32. The van der Waals surface area contributed by atoms with E-state index in [4.69, 9.17) is 22.0 Å². The van der Waals surface area contributed by atoms with Gasteiger partial charge in [0.05, 0.1) is 59.6 Å². The molecule has 14 heteroatoms. The number of pyridine rings is 4. The molecule has 304 valence electrons. The smallest absolute Gasteiger partial charge is 0.230 e. The van der Waals surface area contributed by atoms with Crippen molar-refractivity contribution in [3.8, 4) is 34.4 Å². The Balaban J connectivity index is 0.000000181. The van der Waals surface area contributed by atoms with Crippen LogP contribution in [0.2, 0.25) is 0 Å². The minimum absolute atomic E-state index is 0.162.